The van der Waals surface area contributed by atoms with E-state index < -0.39 is 16.1 Å². The predicted octanol–water partition coefficient (Wildman–Crippen LogP) is 2.55. The average Bonchev–Trinajstić information content (AvgIpc) is 3.22. The lowest BCUT2D eigenvalue weighted by atomic mass is 9.97. The Morgan fingerprint density at radius 3 is 2.54 bits per heavy atom. The van der Waals surface area contributed by atoms with Gasteiger partial charge in [-0.05, 0) is 66.1 Å². The quantitative estimate of drug-likeness (QED) is 0.237. The topological polar surface area (TPSA) is 85.4 Å². The Kier molecular flexibility index (Phi) is 9.36. The van der Waals surface area contributed by atoms with Crippen LogP contribution in [0.5, 0.6) is 5.75 Å². The Bertz CT molecular complexity index is 1130. The Morgan fingerprint density at radius 1 is 1.16 bits per heavy atom. The maximum Gasteiger partial charge on any atom is 0.268 e. The lowest BCUT2D eigenvalue weighted by Gasteiger charge is -2.40. The summed E-state index contributed by atoms with van der Waals surface area (Å²) in [6.07, 6.45) is 1.45. The van der Waals surface area contributed by atoms with Crippen LogP contribution in [0, 0.1) is 0 Å². The molecule has 3 aliphatic heterocycles. The number of hydrogen-bond acceptors (Lipinski definition) is 7. The van der Waals surface area contributed by atoms with E-state index in [4.69, 9.17) is 4.74 Å². The predicted molar refractivity (Wildman–Crippen MR) is 149 cm³/mol. The summed E-state index contributed by atoms with van der Waals surface area (Å²) >= 11 is 2.35. The highest BCUT2D eigenvalue weighted by Gasteiger charge is 2.43. The van der Waals surface area contributed by atoms with Gasteiger partial charge in [0.25, 0.3) is 5.91 Å². The highest BCUT2D eigenvalue weighted by molar-refractivity contribution is 14.1. The van der Waals surface area contributed by atoms with E-state index in [1.165, 1.54) is 4.31 Å². The van der Waals surface area contributed by atoms with Crippen LogP contribution in [0.4, 0.5) is 4.39 Å². The molecule has 206 valence electrons. The normalized spacial score (nSPS) is 23.9. The van der Waals surface area contributed by atoms with Gasteiger partial charge in [-0.2, -0.15) is 4.31 Å². The summed E-state index contributed by atoms with van der Waals surface area (Å²) < 4.78 is 47.2. The zero-order valence-corrected chi connectivity index (χ0v) is 24.7. The third-order valence-corrected chi connectivity index (χ3v) is 10.7. The number of piperazine rings is 1. The van der Waals surface area contributed by atoms with Crippen molar-refractivity contribution in [1.82, 2.24) is 24.3 Å². The number of likely N-dealkylation sites (N-methyl/N-ethyl adjacent to an activating group) is 1. The fraction of sp³-hybridized carbons (Fsp3) is 0.640. The van der Waals surface area contributed by atoms with Crippen LogP contribution in [-0.4, -0.2) is 104 Å². The van der Waals surface area contributed by atoms with Gasteiger partial charge in [-0.25, -0.2) is 8.42 Å². The van der Waals surface area contributed by atoms with E-state index in [9.17, 15) is 17.6 Å². The molecule has 1 fully saturated rings. The number of halogens is 2. The van der Waals surface area contributed by atoms with Gasteiger partial charge < -0.3 is 19.9 Å². The second kappa shape index (κ2) is 12.1. The van der Waals surface area contributed by atoms with Crippen LogP contribution in [0.3, 0.4) is 0 Å². The number of nitrogens with one attached hydrogen (secondary N) is 1. The van der Waals surface area contributed by atoms with Crippen LogP contribution in [-0.2, 0) is 14.8 Å². The lowest BCUT2D eigenvalue weighted by Crippen LogP contribution is -2.48. The summed E-state index contributed by atoms with van der Waals surface area (Å²) in [5.41, 5.74) is 2.24. The van der Waals surface area contributed by atoms with Crippen molar-refractivity contribution in [3.63, 3.8) is 0 Å². The summed E-state index contributed by atoms with van der Waals surface area (Å²) in [6, 6.07) is 4.48. The molecule has 0 aromatic heterocycles. The van der Waals surface area contributed by atoms with E-state index in [0.717, 1.165) is 18.5 Å². The Labute approximate surface area is 233 Å². The first-order valence-electron chi connectivity index (χ1n) is 12.9. The van der Waals surface area contributed by atoms with E-state index in [1.807, 2.05) is 18.9 Å². The van der Waals surface area contributed by atoms with Crippen molar-refractivity contribution in [2.75, 3.05) is 66.1 Å². The molecule has 3 heterocycles. The molecule has 1 aromatic carbocycles. The van der Waals surface area contributed by atoms with E-state index in [0.29, 0.717) is 69.3 Å². The van der Waals surface area contributed by atoms with Crippen LogP contribution >= 0.6 is 22.6 Å². The number of carbonyl (C=O) groups excluding carboxylic acids is 1. The largest absolute Gasteiger partial charge is 0.494 e. The number of nitrogens with zero attached hydrogens (tertiary/aromatic N) is 4. The van der Waals surface area contributed by atoms with E-state index in [1.54, 1.807) is 18.2 Å². The molecule has 1 amide bonds. The van der Waals surface area contributed by atoms with Crippen molar-refractivity contribution in [2.45, 2.75) is 41.8 Å². The number of ether oxygens (including phenoxy) is 1. The second-order valence-corrected chi connectivity index (χ2v) is 12.6. The Morgan fingerprint density at radius 2 is 1.89 bits per heavy atom. The number of rotatable bonds is 10. The molecule has 4 rings (SSSR count). The zero-order chi connectivity index (χ0) is 26.7. The van der Waals surface area contributed by atoms with Crippen LogP contribution < -0.4 is 10.1 Å². The Hall–Kier alpha value is -1.48. The van der Waals surface area contributed by atoms with E-state index in [-0.39, 0.29) is 21.6 Å². The molecule has 2 atom stereocenters. The van der Waals surface area contributed by atoms with Crippen LogP contribution in [0.25, 0.3) is 0 Å². The minimum Gasteiger partial charge on any atom is -0.494 e. The summed E-state index contributed by atoms with van der Waals surface area (Å²) in [5, 5.41) is 3.10. The van der Waals surface area contributed by atoms with Gasteiger partial charge in [0.2, 0.25) is 10.0 Å². The standard InChI is InChI=1S/C25H37FIN5O4S/c1-4-10-31-17-20-22(28-24(33)23(20)29(3)25(31)27)19-16-18(7-8-21(19)36-5-2)37(34,35)32-14-12-30(13-15-32)11-6-9-26/h7-8,16,22,25H,4-6,9-15,17H2,1-3H3,(H,28,33). The molecule has 0 aliphatic carbocycles. The fourth-order valence-corrected chi connectivity index (χ4v) is 7.54. The molecule has 37 heavy (non-hydrogen) atoms. The summed E-state index contributed by atoms with van der Waals surface area (Å²) in [4.78, 5) is 19.7. The van der Waals surface area contributed by atoms with Crippen molar-refractivity contribution in [1.29, 1.82) is 0 Å². The smallest absolute Gasteiger partial charge is 0.268 e. The van der Waals surface area contributed by atoms with Crippen molar-refractivity contribution >= 4 is 38.5 Å². The fourth-order valence-electron chi connectivity index (χ4n) is 5.33. The van der Waals surface area contributed by atoms with Crippen LogP contribution in [0.2, 0.25) is 0 Å². The number of amides is 1. The van der Waals surface area contributed by atoms with Gasteiger partial charge in [-0.15, -0.1) is 0 Å². The number of alkyl halides is 2. The van der Waals surface area contributed by atoms with Gasteiger partial charge in [-0.1, -0.05) is 6.92 Å². The zero-order valence-electron chi connectivity index (χ0n) is 21.8. The number of carbonyl (C=O) groups is 1. The van der Waals surface area contributed by atoms with Crippen molar-refractivity contribution in [2.24, 2.45) is 0 Å². The molecule has 0 saturated carbocycles. The monoisotopic (exact) mass is 649 g/mol. The molecule has 2 unspecified atom stereocenters. The number of benzene rings is 1. The Balaban J connectivity index is 1.66. The highest BCUT2D eigenvalue weighted by atomic mass is 127. The molecule has 9 nitrogen and oxygen atoms in total. The van der Waals surface area contributed by atoms with Gasteiger partial charge in [0.05, 0.1) is 24.2 Å². The maximum atomic E-state index is 13.6. The van der Waals surface area contributed by atoms with Gasteiger partial charge in [-0.3, -0.25) is 14.1 Å². The van der Waals surface area contributed by atoms with E-state index in [2.05, 4.69) is 44.6 Å². The van der Waals surface area contributed by atoms with Gasteiger partial charge in [0, 0.05) is 58.4 Å². The maximum absolute atomic E-state index is 13.6. The highest BCUT2D eigenvalue weighted by Crippen LogP contribution is 2.41. The lowest BCUT2D eigenvalue weighted by molar-refractivity contribution is -0.118. The third kappa shape index (κ3) is 5.77. The first kappa shape index (κ1) is 28.5. The molecule has 0 bridgehead atoms. The van der Waals surface area contributed by atoms with Crippen LogP contribution in [0.1, 0.15) is 38.3 Å². The minimum absolute atomic E-state index is 0.0578. The van der Waals surface area contributed by atoms with Gasteiger partial charge in [0.1, 0.15) is 15.6 Å². The molecular weight excluding hydrogens is 612 g/mol. The molecule has 0 spiro atoms. The second-order valence-electron chi connectivity index (χ2n) is 9.59. The molecule has 1 N–H and O–H groups in total. The molecule has 12 heteroatoms. The molecule has 1 saturated heterocycles. The summed E-state index contributed by atoms with van der Waals surface area (Å²) in [7, 11) is -1.82. The molecule has 0 radical (unpaired) electrons. The third-order valence-electron chi connectivity index (χ3n) is 7.17. The van der Waals surface area contributed by atoms with Crippen molar-refractivity contribution < 1.29 is 22.3 Å². The molecule has 1 aromatic rings. The SMILES string of the molecule is CCCN1CC2=C(C(=O)NC2c2cc(S(=O)(=O)N3CCN(CCCF)CC3)ccc2OCC)N(C)C1I. The summed E-state index contributed by atoms with van der Waals surface area (Å²) in [5.74, 6) is 0.415. The molecule has 3 aliphatic rings. The van der Waals surface area contributed by atoms with Crippen molar-refractivity contribution in [3.05, 3.63) is 35.0 Å². The number of hydrogen-bond donors (Lipinski definition) is 1. The number of sulfonamides is 1. The molecular formula is C25H37FIN5O4S. The first-order chi connectivity index (χ1) is 17.7. The van der Waals surface area contributed by atoms with Gasteiger partial charge in [0.15, 0.2) is 0 Å². The average molecular weight is 650 g/mol. The van der Waals surface area contributed by atoms with Crippen molar-refractivity contribution in [3.8, 4) is 5.75 Å². The van der Waals surface area contributed by atoms with E-state index >= 15 is 0 Å². The van der Waals surface area contributed by atoms with Gasteiger partial charge >= 0.3 is 0 Å². The van der Waals surface area contributed by atoms with Crippen LogP contribution in [0.15, 0.2) is 34.4 Å². The first-order valence-corrected chi connectivity index (χ1v) is 15.6. The summed E-state index contributed by atoms with van der Waals surface area (Å²) in [6.45, 7) is 8.09. The minimum atomic E-state index is -3.75.